The number of aromatic nitrogens is 1. The van der Waals surface area contributed by atoms with E-state index in [1.807, 2.05) is 43.3 Å². The van der Waals surface area contributed by atoms with E-state index < -0.39 is 22.0 Å². The van der Waals surface area contributed by atoms with Gasteiger partial charge in [0.1, 0.15) is 21.2 Å². The summed E-state index contributed by atoms with van der Waals surface area (Å²) in [5.41, 5.74) is 2.37. The Morgan fingerprint density at radius 1 is 1.20 bits per heavy atom. The number of aryl methyl sites for hydroxylation is 1. The van der Waals surface area contributed by atoms with Crippen LogP contribution in [-0.2, 0) is 10.0 Å². The van der Waals surface area contributed by atoms with E-state index in [4.69, 9.17) is 4.74 Å². The molecular formula is C28H25N5O5S2. The number of ether oxygens (including phenoxy) is 1. The molecule has 0 radical (unpaired) electrons. The molecule has 40 heavy (non-hydrogen) atoms. The highest BCUT2D eigenvalue weighted by molar-refractivity contribution is 7.92. The van der Waals surface area contributed by atoms with Gasteiger partial charge in [0.05, 0.1) is 22.4 Å². The van der Waals surface area contributed by atoms with Crippen LogP contribution in [0.1, 0.15) is 21.7 Å². The number of hydrogen-bond donors (Lipinski definition) is 2. The third-order valence-electron chi connectivity index (χ3n) is 6.89. The number of amides is 3. The van der Waals surface area contributed by atoms with Crippen molar-refractivity contribution in [2.24, 2.45) is 0 Å². The largest absolute Gasteiger partial charge is 0.457 e. The molecule has 1 unspecified atom stereocenters. The van der Waals surface area contributed by atoms with Gasteiger partial charge in [-0.15, -0.1) is 11.3 Å². The number of sulfonamides is 1. The summed E-state index contributed by atoms with van der Waals surface area (Å²) < 4.78 is 31.6. The fourth-order valence-corrected chi connectivity index (χ4v) is 7.00. The Balaban J connectivity index is 1.35. The van der Waals surface area contributed by atoms with Crippen molar-refractivity contribution in [3.05, 3.63) is 83.2 Å². The third kappa shape index (κ3) is 4.59. The fourth-order valence-electron chi connectivity index (χ4n) is 4.98. The molecule has 0 spiro atoms. The van der Waals surface area contributed by atoms with Crippen molar-refractivity contribution in [1.29, 1.82) is 0 Å². The van der Waals surface area contributed by atoms with Crippen LogP contribution in [0.3, 0.4) is 0 Å². The summed E-state index contributed by atoms with van der Waals surface area (Å²) in [5.74, 6) is 0.907. The lowest BCUT2D eigenvalue weighted by Crippen LogP contribution is -2.39. The molecule has 3 amide bonds. The minimum Gasteiger partial charge on any atom is -0.457 e. The van der Waals surface area contributed by atoms with Crippen LogP contribution in [0.5, 0.6) is 11.5 Å². The Hall–Kier alpha value is -4.26. The summed E-state index contributed by atoms with van der Waals surface area (Å²) in [4.78, 5) is 34.0. The SMILES string of the molecule is C=CS(=O)(=O)N1CCC(NC(=O)c2sc3nccc4c3c2N(c2ccc(Oc3ccccc3)cc2C)C(=O)N4)C1. The molecule has 4 aromatic rings. The van der Waals surface area contributed by atoms with Crippen LogP contribution in [-0.4, -0.2) is 48.8 Å². The molecule has 0 aliphatic carbocycles. The molecule has 12 heteroatoms. The van der Waals surface area contributed by atoms with Crippen LogP contribution in [0.2, 0.25) is 0 Å². The average Bonchev–Trinajstić information content (AvgIpc) is 3.57. The second kappa shape index (κ2) is 10.0. The molecule has 1 saturated heterocycles. The molecule has 6 rings (SSSR count). The first-order valence-electron chi connectivity index (χ1n) is 12.5. The normalized spacial score (nSPS) is 17.1. The number of hydrogen-bond acceptors (Lipinski definition) is 7. The van der Waals surface area contributed by atoms with Crippen LogP contribution in [0, 0.1) is 6.92 Å². The molecule has 2 aromatic carbocycles. The molecule has 0 saturated carbocycles. The lowest BCUT2D eigenvalue weighted by atomic mass is 10.1. The molecule has 1 fully saturated rings. The number of thiophene rings is 1. The van der Waals surface area contributed by atoms with Crippen LogP contribution >= 0.6 is 11.3 Å². The van der Waals surface area contributed by atoms with Gasteiger partial charge in [-0.1, -0.05) is 24.8 Å². The van der Waals surface area contributed by atoms with Gasteiger partial charge in [-0.3, -0.25) is 9.69 Å². The number of carbonyl (C=O) groups excluding carboxylic acids is 2. The quantitative estimate of drug-likeness (QED) is 0.306. The number of pyridine rings is 1. The topological polar surface area (TPSA) is 121 Å². The zero-order chi connectivity index (χ0) is 28.0. The van der Waals surface area contributed by atoms with Crippen molar-refractivity contribution in [2.45, 2.75) is 19.4 Å². The fraction of sp³-hybridized carbons (Fsp3) is 0.179. The van der Waals surface area contributed by atoms with Crippen molar-refractivity contribution in [3.63, 3.8) is 0 Å². The molecular weight excluding hydrogens is 550 g/mol. The first-order chi connectivity index (χ1) is 19.2. The van der Waals surface area contributed by atoms with Gasteiger partial charge in [-0.2, -0.15) is 4.31 Å². The van der Waals surface area contributed by atoms with Crippen LogP contribution in [0.15, 0.2) is 72.8 Å². The van der Waals surface area contributed by atoms with E-state index in [1.54, 1.807) is 24.4 Å². The van der Waals surface area contributed by atoms with Gasteiger partial charge in [0.25, 0.3) is 5.91 Å². The minimum absolute atomic E-state index is 0.149. The molecule has 2 N–H and O–H groups in total. The number of anilines is 3. The van der Waals surface area contributed by atoms with Gasteiger partial charge < -0.3 is 15.4 Å². The van der Waals surface area contributed by atoms with Crippen molar-refractivity contribution in [3.8, 4) is 11.5 Å². The highest BCUT2D eigenvalue weighted by atomic mass is 32.2. The van der Waals surface area contributed by atoms with Gasteiger partial charge in [-0.05, 0) is 55.3 Å². The summed E-state index contributed by atoms with van der Waals surface area (Å²) in [7, 11) is -3.57. The summed E-state index contributed by atoms with van der Waals surface area (Å²) >= 11 is 1.19. The standard InChI is InChI=1S/C28H25N5O5S2/c1-3-40(36,37)32-14-12-18(16-32)30-26(34)25-24-23-21(11-13-29-27(23)39-25)31-28(35)33(24)22-10-9-20(15-17(22)2)38-19-7-5-4-6-8-19/h3-11,13,15,18H,1,12,14,16H2,2H3,(H,30,34)(H,31,35). The number of benzene rings is 2. The predicted molar refractivity (Wildman–Crippen MR) is 155 cm³/mol. The number of carbonyl (C=O) groups is 2. The van der Waals surface area contributed by atoms with Crippen LogP contribution in [0.4, 0.5) is 21.9 Å². The molecule has 2 aliphatic rings. The van der Waals surface area contributed by atoms with Gasteiger partial charge in [0, 0.05) is 30.7 Å². The third-order valence-corrected chi connectivity index (χ3v) is 9.44. The lowest BCUT2D eigenvalue weighted by molar-refractivity contribution is 0.0944. The van der Waals surface area contributed by atoms with E-state index in [1.165, 1.54) is 20.5 Å². The summed E-state index contributed by atoms with van der Waals surface area (Å²) in [6.07, 6.45) is 2.06. The van der Waals surface area contributed by atoms with Gasteiger partial charge in [0.2, 0.25) is 10.0 Å². The second-order valence-electron chi connectivity index (χ2n) is 9.48. The maximum Gasteiger partial charge on any atom is 0.331 e. The highest BCUT2D eigenvalue weighted by Gasteiger charge is 2.36. The second-order valence-corrected chi connectivity index (χ2v) is 12.4. The molecule has 10 nitrogen and oxygen atoms in total. The number of nitrogens with one attached hydrogen (secondary N) is 2. The van der Waals surface area contributed by atoms with E-state index >= 15 is 0 Å². The highest BCUT2D eigenvalue weighted by Crippen LogP contribution is 2.47. The van der Waals surface area contributed by atoms with Gasteiger partial charge in [0.15, 0.2) is 0 Å². The zero-order valence-electron chi connectivity index (χ0n) is 21.5. The molecule has 2 aromatic heterocycles. The first-order valence-corrected chi connectivity index (χ1v) is 14.9. The lowest BCUT2D eigenvalue weighted by Gasteiger charge is -2.29. The van der Waals surface area contributed by atoms with Crippen LogP contribution in [0.25, 0.3) is 10.2 Å². The van der Waals surface area contributed by atoms with Crippen molar-refractivity contribution in [1.82, 2.24) is 14.6 Å². The smallest absolute Gasteiger partial charge is 0.331 e. The Morgan fingerprint density at radius 2 is 2.00 bits per heavy atom. The Kier molecular flexibility index (Phi) is 6.53. The monoisotopic (exact) mass is 575 g/mol. The molecule has 1 atom stereocenters. The predicted octanol–water partition coefficient (Wildman–Crippen LogP) is 5.36. The van der Waals surface area contributed by atoms with Crippen LogP contribution < -0.4 is 20.3 Å². The number of urea groups is 1. The summed E-state index contributed by atoms with van der Waals surface area (Å²) in [5, 5.41) is 7.46. The maximum absolute atomic E-state index is 13.6. The Morgan fingerprint density at radius 3 is 2.75 bits per heavy atom. The average molecular weight is 576 g/mol. The van der Waals surface area contributed by atoms with E-state index in [0.717, 1.165) is 11.0 Å². The van der Waals surface area contributed by atoms with Gasteiger partial charge in [-0.25, -0.2) is 18.2 Å². The Bertz CT molecular complexity index is 1770. The Labute approximate surface area is 234 Å². The zero-order valence-corrected chi connectivity index (χ0v) is 23.1. The molecule has 0 bridgehead atoms. The molecule has 4 heterocycles. The minimum atomic E-state index is -3.57. The molecule has 204 valence electrons. The van der Waals surface area contributed by atoms with Crippen molar-refractivity contribution >= 4 is 60.6 Å². The van der Waals surface area contributed by atoms with E-state index in [0.29, 0.717) is 50.1 Å². The number of para-hydroxylation sites is 1. The van der Waals surface area contributed by atoms with E-state index in [-0.39, 0.29) is 19.1 Å². The summed E-state index contributed by atoms with van der Waals surface area (Å²) in [6, 6.07) is 15.7. The summed E-state index contributed by atoms with van der Waals surface area (Å²) in [6.45, 7) is 5.68. The van der Waals surface area contributed by atoms with Crippen molar-refractivity contribution < 1.29 is 22.7 Å². The van der Waals surface area contributed by atoms with Crippen molar-refractivity contribution in [2.75, 3.05) is 23.3 Å². The molecule has 2 aliphatic heterocycles. The maximum atomic E-state index is 13.6. The van der Waals surface area contributed by atoms with Gasteiger partial charge >= 0.3 is 6.03 Å². The van der Waals surface area contributed by atoms with E-state index in [2.05, 4.69) is 22.2 Å². The number of nitrogens with zero attached hydrogens (tertiary/aromatic N) is 3. The van der Waals surface area contributed by atoms with E-state index in [9.17, 15) is 18.0 Å². The number of rotatable bonds is 7. The first kappa shape index (κ1) is 26.0.